The van der Waals surface area contributed by atoms with Crippen molar-refractivity contribution in [1.82, 2.24) is 15.3 Å². The van der Waals surface area contributed by atoms with Crippen molar-refractivity contribution in [2.75, 3.05) is 30.8 Å². The molecule has 1 aromatic carbocycles. The van der Waals surface area contributed by atoms with Gasteiger partial charge in [-0.2, -0.15) is 0 Å². The molecule has 0 radical (unpaired) electrons. The number of anilines is 1. The van der Waals surface area contributed by atoms with Crippen molar-refractivity contribution in [3.05, 3.63) is 24.5 Å². The van der Waals surface area contributed by atoms with Gasteiger partial charge in [0.15, 0.2) is 9.84 Å². The highest BCUT2D eigenvalue weighted by Crippen LogP contribution is 2.30. The Morgan fingerprint density at radius 3 is 2.81 bits per heavy atom. The maximum atomic E-state index is 12.5. The highest BCUT2D eigenvalue weighted by molar-refractivity contribution is 7.90. The lowest BCUT2D eigenvalue weighted by Crippen LogP contribution is -2.43. The van der Waals surface area contributed by atoms with E-state index in [9.17, 15) is 13.2 Å². The molecule has 0 bridgehead atoms. The van der Waals surface area contributed by atoms with E-state index in [2.05, 4.69) is 20.2 Å². The van der Waals surface area contributed by atoms with Gasteiger partial charge in [-0.05, 0) is 49.8 Å². The van der Waals surface area contributed by atoms with E-state index in [1.807, 2.05) is 0 Å². The van der Waals surface area contributed by atoms with Crippen molar-refractivity contribution in [1.29, 1.82) is 0 Å². The number of amides is 1. The molecule has 1 saturated heterocycles. The van der Waals surface area contributed by atoms with Crippen molar-refractivity contribution in [2.45, 2.75) is 30.6 Å². The van der Waals surface area contributed by atoms with Crippen LogP contribution in [-0.4, -0.2) is 50.2 Å². The van der Waals surface area contributed by atoms with E-state index >= 15 is 0 Å². The smallest absolute Gasteiger partial charge is 0.224 e. The molecular formula is C19H24N4O3S. The summed E-state index contributed by atoms with van der Waals surface area (Å²) in [5.74, 6) is 1.40. The molecule has 1 amide bonds. The van der Waals surface area contributed by atoms with Gasteiger partial charge in [0, 0.05) is 31.3 Å². The van der Waals surface area contributed by atoms with Gasteiger partial charge in [0.05, 0.1) is 16.3 Å². The molecule has 1 saturated carbocycles. The molecule has 2 heterocycles. The molecule has 144 valence electrons. The van der Waals surface area contributed by atoms with Gasteiger partial charge < -0.3 is 10.2 Å². The molecule has 1 aromatic heterocycles. The molecular weight excluding hydrogens is 364 g/mol. The summed E-state index contributed by atoms with van der Waals surface area (Å²) in [5, 5.41) is 3.78. The van der Waals surface area contributed by atoms with E-state index in [-0.39, 0.29) is 16.7 Å². The molecule has 1 unspecified atom stereocenters. The largest absolute Gasteiger partial charge is 0.356 e. The lowest BCUT2D eigenvalue weighted by molar-refractivity contribution is -0.125. The summed E-state index contributed by atoms with van der Waals surface area (Å²) < 4.78 is 23.9. The van der Waals surface area contributed by atoms with Crippen molar-refractivity contribution >= 4 is 32.5 Å². The highest BCUT2D eigenvalue weighted by Gasteiger charge is 2.29. The fourth-order valence-corrected chi connectivity index (χ4v) is 4.25. The number of carbonyl (C=O) groups is 1. The minimum absolute atomic E-state index is 0.0689. The predicted octanol–water partition coefficient (Wildman–Crippen LogP) is 1.78. The van der Waals surface area contributed by atoms with E-state index in [4.69, 9.17) is 0 Å². The number of fused-ring (bicyclic) bond motifs is 1. The maximum absolute atomic E-state index is 12.5. The second-order valence-corrected chi connectivity index (χ2v) is 9.64. The van der Waals surface area contributed by atoms with Crippen LogP contribution in [0.2, 0.25) is 0 Å². The van der Waals surface area contributed by atoms with Gasteiger partial charge in [-0.25, -0.2) is 18.4 Å². The average Bonchev–Trinajstić information content (AvgIpc) is 3.49. The Labute approximate surface area is 159 Å². The summed E-state index contributed by atoms with van der Waals surface area (Å²) in [6.07, 6.45) is 6.88. The standard InChI is InChI=1S/C19H24N4O3S/c1-27(25,26)15-6-7-17-16(9-15)18(22-12-21-17)23-8-2-3-14(11-23)19(24)20-10-13-4-5-13/h6-7,9,12-14H,2-5,8,10-11H2,1H3,(H,20,24). The Balaban J connectivity index is 1.59. The van der Waals surface area contributed by atoms with Crippen molar-refractivity contribution < 1.29 is 13.2 Å². The fraction of sp³-hybridized carbons (Fsp3) is 0.526. The van der Waals surface area contributed by atoms with Crippen LogP contribution < -0.4 is 10.2 Å². The molecule has 2 aromatic rings. The zero-order valence-electron chi connectivity index (χ0n) is 15.4. The number of hydrogen-bond acceptors (Lipinski definition) is 6. The molecule has 27 heavy (non-hydrogen) atoms. The third kappa shape index (κ3) is 4.05. The number of hydrogen-bond donors (Lipinski definition) is 1. The molecule has 2 fully saturated rings. The second kappa shape index (κ2) is 7.07. The summed E-state index contributed by atoms with van der Waals surface area (Å²) in [6, 6.07) is 4.91. The Kier molecular flexibility index (Phi) is 4.75. The Hall–Kier alpha value is -2.22. The van der Waals surface area contributed by atoms with Crippen molar-refractivity contribution in [3.63, 3.8) is 0 Å². The molecule has 1 aliphatic heterocycles. The van der Waals surface area contributed by atoms with Gasteiger partial charge in [-0.3, -0.25) is 4.79 Å². The molecule has 8 heteroatoms. The van der Waals surface area contributed by atoms with Crippen LogP contribution in [0.5, 0.6) is 0 Å². The zero-order chi connectivity index (χ0) is 19.0. The minimum Gasteiger partial charge on any atom is -0.356 e. The molecule has 2 aliphatic rings. The van der Waals surface area contributed by atoms with Crippen LogP contribution >= 0.6 is 0 Å². The monoisotopic (exact) mass is 388 g/mol. The number of aromatic nitrogens is 2. The van der Waals surface area contributed by atoms with Crippen LogP contribution in [0.15, 0.2) is 29.4 Å². The number of benzene rings is 1. The lowest BCUT2D eigenvalue weighted by atomic mass is 9.96. The third-order valence-corrected chi connectivity index (χ3v) is 6.48. The van der Waals surface area contributed by atoms with Gasteiger partial charge in [-0.1, -0.05) is 0 Å². The van der Waals surface area contributed by atoms with Crippen molar-refractivity contribution in [2.24, 2.45) is 11.8 Å². The molecule has 7 nitrogen and oxygen atoms in total. The van der Waals surface area contributed by atoms with E-state index in [1.165, 1.54) is 25.4 Å². The van der Waals surface area contributed by atoms with Gasteiger partial charge in [0.1, 0.15) is 12.1 Å². The Bertz CT molecular complexity index is 972. The number of rotatable bonds is 5. The predicted molar refractivity (Wildman–Crippen MR) is 103 cm³/mol. The van der Waals surface area contributed by atoms with Gasteiger partial charge >= 0.3 is 0 Å². The van der Waals surface area contributed by atoms with E-state index in [0.717, 1.165) is 25.9 Å². The first-order valence-electron chi connectivity index (χ1n) is 9.39. The number of nitrogens with zero attached hydrogens (tertiary/aromatic N) is 3. The number of piperidine rings is 1. The number of sulfone groups is 1. The molecule has 1 N–H and O–H groups in total. The molecule has 0 spiro atoms. The van der Waals surface area contributed by atoms with E-state index < -0.39 is 9.84 Å². The Morgan fingerprint density at radius 2 is 2.07 bits per heavy atom. The normalized spacial score (nSPS) is 20.6. The quantitative estimate of drug-likeness (QED) is 0.839. The fourth-order valence-electron chi connectivity index (χ4n) is 3.60. The third-order valence-electron chi connectivity index (χ3n) is 5.37. The average molecular weight is 388 g/mol. The van der Waals surface area contributed by atoms with Gasteiger partial charge in [0.2, 0.25) is 5.91 Å². The van der Waals surface area contributed by atoms with Gasteiger partial charge in [-0.15, -0.1) is 0 Å². The molecule has 1 aliphatic carbocycles. The maximum Gasteiger partial charge on any atom is 0.224 e. The topological polar surface area (TPSA) is 92.3 Å². The number of nitrogens with one attached hydrogen (secondary N) is 1. The summed E-state index contributed by atoms with van der Waals surface area (Å²) >= 11 is 0. The lowest BCUT2D eigenvalue weighted by Gasteiger charge is -2.33. The summed E-state index contributed by atoms with van der Waals surface area (Å²) in [4.78, 5) is 23.5. The van der Waals surface area contributed by atoms with Crippen LogP contribution in [0.25, 0.3) is 10.9 Å². The second-order valence-electron chi connectivity index (χ2n) is 7.62. The minimum atomic E-state index is -3.31. The summed E-state index contributed by atoms with van der Waals surface area (Å²) in [5.41, 5.74) is 0.702. The molecule has 1 atom stereocenters. The van der Waals surface area contributed by atoms with E-state index in [1.54, 1.807) is 18.2 Å². The Morgan fingerprint density at radius 1 is 1.26 bits per heavy atom. The van der Waals surface area contributed by atoms with Crippen molar-refractivity contribution in [3.8, 4) is 0 Å². The van der Waals surface area contributed by atoms with Crippen LogP contribution in [0.1, 0.15) is 25.7 Å². The number of carbonyl (C=O) groups excluding carboxylic acids is 1. The van der Waals surface area contributed by atoms with Crippen LogP contribution in [0.3, 0.4) is 0 Å². The van der Waals surface area contributed by atoms with Crippen LogP contribution in [-0.2, 0) is 14.6 Å². The zero-order valence-corrected chi connectivity index (χ0v) is 16.2. The first-order chi connectivity index (χ1) is 12.9. The van der Waals surface area contributed by atoms with Crippen LogP contribution in [0, 0.1) is 11.8 Å². The summed E-state index contributed by atoms with van der Waals surface area (Å²) in [6.45, 7) is 2.16. The first kappa shape index (κ1) is 18.2. The summed E-state index contributed by atoms with van der Waals surface area (Å²) in [7, 11) is -3.31. The van der Waals surface area contributed by atoms with Crippen LogP contribution in [0.4, 0.5) is 5.82 Å². The first-order valence-corrected chi connectivity index (χ1v) is 11.3. The van der Waals surface area contributed by atoms with Gasteiger partial charge in [0.25, 0.3) is 0 Å². The SMILES string of the molecule is CS(=O)(=O)c1ccc2ncnc(N3CCCC(C(=O)NCC4CC4)C3)c2c1. The van der Waals surface area contributed by atoms with E-state index in [0.29, 0.717) is 29.2 Å². The molecule has 4 rings (SSSR count). The highest BCUT2D eigenvalue weighted by atomic mass is 32.2.